The zero-order valence-corrected chi connectivity index (χ0v) is 12.8. The van der Waals surface area contributed by atoms with Gasteiger partial charge in [0.1, 0.15) is 5.60 Å². The summed E-state index contributed by atoms with van der Waals surface area (Å²) in [4.78, 5) is 11.8. The largest absolute Gasteiger partial charge is 0.476 e. The van der Waals surface area contributed by atoms with E-state index < -0.39 is 11.7 Å². The lowest BCUT2D eigenvalue weighted by Crippen LogP contribution is -2.35. The van der Waals surface area contributed by atoms with Gasteiger partial charge in [-0.1, -0.05) is 13.3 Å². The molecule has 0 aromatic carbocycles. The van der Waals surface area contributed by atoms with E-state index in [1.54, 1.807) is 12.3 Å². The average molecular weight is 280 g/mol. The van der Waals surface area contributed by atoms with Gasteiger partial charge >= 0.3 is 6.09 Å². The maximum Gasteiger partial charge on any atom is 0.435 e. The third-order valence-electron chi connectivity index (χ3n) is 3.84. The van der Waals surface area contributed by atoms with E-state index in [-0.39, 0.29) is 0 Å². The molecule has 0 bridgehead atoms. The van der Waals surface area contributed by atoms with Gasteiger partial charge in [0.05, 0.1) is 6.61 Å². The lowest BCUT2D eigenvalue weighted by Gasteiger charge is -2.40. The Kier molecular flexibility index (Phi) is 4.06. The third kappa shape index (κ3) is 3.52. The summed E-state index contributed by atoms with van der Waals surface area (Å²) in [5, 5.41) is 4.11. The van der Waals surface area contributed by atoms with E-state index in [0.29, 0.717) is 17.9 Å². The molecular weight excluding hydrogens is 256 g/mol. The lowest BCUT2D eigenvalue weighted by molar-refractivity contribution is 0.0466. The van der Waals surface area contributed by atoms with E-state index in [9.17, 15) is 4.79 Å². The topological polar surface area (TPSA) is 53.4 Å². The van der Waals surface area contributed by atoms with E-state index in [4.69, 9.17) is 9.47 Å². The van der Waals surface area contributed by atoms with Crippen LogP contribution in [0.1, 0.15) is 53.4 Å². The molecule has 5 heteroatoms. The summed E-state index contributed by atoms with van der Waals surface area (Å²) in [5.41, 5.74) is -0.210. The minimum atomic E-state index is -0.526. The molecule has 1 aromatic heterocycles. The van der Waals surface area contributed by atoms with Crippen LogP contribution in [0.15, 0.2) is 12.3 Å². The summed E-state index contributed by atoms with van der Waals surface area (Å²) in [6.07, 6.45) is 5.93. The van der Waals surface area contributed by atoms with Gasteiger partial charge in [-0.3, -0.25) is 0 Å². The zero-order chi connectivity index (χ0) is 14.8. The number of carbonyl (C=O) groups is 1. The van der Waals surface area contributed by atoms with Crippen molar-refractivity contribution in [1.82, 2.24) is 9.78 Å². The Balaban J connectivity index is 1.90. The average Bonchev–Trinajstić information content (AvgIpc) is 2.75. The van der Waals surface area contributed by atoms with Crippen molar-refractivity contribution in [2.75, 3.05) is 6.61 Å². The molecule has 0 saturated heterocycles. The molecule has 0 atom stereocenters. The summed E-state index contributed by atoms with van der Waals surface area (Å²) in [7, 11) is 0. The Morgan fingerprint density at radius 2 is 2.15 bits per heavy atom. The SMILES string of the molecule is CCC1(COc2ccn(C(=O)OC(C)(C)C)n2)CCC1. The number of ether oxygens (including phenoxy) is 2. The highest BCUT2D eigenvalue weighted by molar-refractivity contribution is 5.69. The molecule has 0 amide bonds. The summed E-state index contributed by atoms with van der Waals surface area (Å²) in [5.74, 6) is 0.482. The second-order valence-electron chi connectivity index (χ2n) is 6.57. The van der Waals surface area contributed by atoms with Gasteiger partial charge in [0.15, 0.2) is 0 Å². The highest BCUT2D eigenvalue weighted by atomic mass is 16.6. The summed E-state index contributed by atoms with van der Waals surface area (Å²) in [6, 6.07) is 1.70. The van der Waals surface area contributed by atoms with Gasteiger partial charge in [-0.05, 0) is 40.0 Å². The summed E-state index contributed by atoms with van der Waals surface area (Å²) < 4.78 is 12.1. The first-order chi connectivity index (χ1) is 9.34. The highest BCUT2D eigenvalue weighted by Gasteiger charge is 2.36. The first-order valence-corrected chi connectivity index (χ1v) is 7.25. The fourth-order valence-corrected chi connectivity index (χ4v) is 2.30. The molecule has 1 fully saturated rings. The van der Waals surface area contributed by atoms with Gasteiger partial charge < -0.3 is 9.47 Å². The minimum absolute atomic E-state index is 0.315. The molecule has 1 aromatic rings. The molecule has 112 valence electrons. The molecule has 0 radical (unpaired) electrons. The monoisotopic (exact) mass is 280 g/mol. The number of nitrogens with zero attached hydrogens (tertiary/aromatic N) is 2. The molecule has 0 N–H and O–H groups in total. The van der Waals surface area contributed by atoms with Crippen LogP contribution in [0.3, 0.4) is 0 Å². The standard InChI is InChI=1S/C15H24N2O3/c1-5-15(8-6-9-15)11-19-12-7-10-17(16-12)13(18)20-14(2,3)4/h7,10H,5-6,8-9,11H2,1-4H3. The number of hydrogen-bond acceptors (Lipinski definition) is 4. The van der Waals surface area contributed by atoms with Crippen molar-refractivity contribution in [1.29, 1.82) is 0 Å². The molecule has 0 unspecified atom stereocenters. The van der Waals surface area contributed by atoms with Crippen molar-refractivity contribution in [3.63, 3.8) is 0 Å². The van der Waals surface area contributed by atoms with Gasteiger partial charge in [0.2, 0.25) is 5.88 Å². The number of aromatic nitrogens is 2. The van der Waals surface area contributed by atoms with Crippen molar-refractivity contribution in [2.24, 2.45) is 5.41 Å². The van der Waals surface area contributed by atoms with Crippen LogP contribution < -0.4 is 4.74 Å². The molecular formula is C15H24N2O3. The van der Waals surface area contributed by atoms with E-state index in [2.05, 4.69) is 12.0 Å². The van der Waals surface area contributed by atoms with Crippen molar-refractivity contribution in [3.05, 3.63) is 12.3 Å². The molecule has 0 spiro atoms. The van der Waals surface area contributed by atoms with Crippen molar-refractivity contribution in [2.45, 2.75) is 59.0 Å². The van der Waals surface area contributed by atoms with Crippen LogP contribution in [-0.4, -0.2) is 28.1 Å². The normalized spacial score (nSPS) is 17.4. The lowest BCUT2D eigenvalue weighted by atomic mass is 9.68. The van der Waals surface area contributed by atoms with E-state index in [0.717, 1.165) is 6.42 Å². The quantitative estimate of drug-likeness (QED) is 0.845. The molecule has 2 rings (SSSR count). The second kappa shape index (κ2) is 5.46. The minimum Gasteiger partial charge on any atom is -0.476 e. The Bertz CT molecular complexity index is 464. The van der Waals surface area contributed by atoms with E-state index in [1.165, 1.54) is 23.9 Å². The fourth-order valence-electron chi connectivity index (χ4n) is 2.30. The molecule has 0 aliphatic heterocycles. The zero-order valence-electron chi connectivity index (χ0n) is 12.8. The Morgan fingerprint density at radius 1 is 1.45 bits per heavy atom. The smallest absolute Gasteiger partial charge is 0.435 e. The van der Waals surface area contributed by atoms with Crippen LogP contribution in [0.4, 0.5) is 4.79 Å². The molecule has 5 nitrogen and oxygen atoms in total. The molecule has 1 aliphatic rings. The molecule has 1 heterocycles. The predicted molar refractivity (Wildman–Crippen MR) is 75.9 cm³/mol. The molecule has 1 aliphatic carbocycles. The van der Waals surface area contributed by atoms with E-state index >= 15 is 0 Å². The number of carbonyl (C=O) groups excluding carboxylic acids is 1. The van der Waals surface area contributed by atoms with Gasteiger partial charge in [0.25, 0.3) is 0 Å². The maximum absolute atomic E-state index is 11.8. The van der Waals surface area contributed by atoms with Crippen LogP contribution >= 0.6 is 0 Å². The van der Waals surface area contributed by atoms with Crippen LogP contribution in [0, 0.1) is 5.41 Å². The van der Waals surface area contributed by atoms with Crippen molar-refractivity contribution in [3.8, 4) is 5.88 Å². The Labute approximate surface area is 120 Å². The number of rotatable bonds is 4. The Morgan fingerprint density at radius 3 is 2.65 bits per heavy atom. The Hall–Kier alpha value is -1.52. The van der Waals surface area contributed by atoms with Gasteiger partial charge in [0, 0.05) is 17.7 Å². The van der Waals surface area contributed by atoms with Crippen LogP contribution in [0.2, 0.25) is 0 Å². The summed E-state index contributed by atoms with van der Waals surface area (Å²) >= 11 is 0. The van der Waals surface area contributed by atoms with Crippen molar-refractivity contribution >= 4 is 6.09 Å². The third-order valence-corrected chi connectivity index (χ3v) is 3.84. The fraction of sp³-hybridized carbons (Fsp3) is 0.733. The van der Waals surface area contributed by atoms with Crippen LogP contribution in [0.5, 0.6) is 5.88 Å². The van der Waals surface area contributed by atoms with Crippen LogP contribution in [0.25, 0.3) is 0 Å². The van der Waals surface area contributed by atoms with Gasteiger partial charge in [-0.2, -0.15) is 4.68 Å². The van der Waals surface area contributed by atoms with Gasteiger partial charge in [-0.25, -0.2) is 4.79 Å². The van der Waals surface area contributed by atoms with Crippen molar-refractivity contribution < 1.29 is 14.3 Å². The molecule has 1 saturated carbocycles. The summed E-state index contributed by atoms with van der Waals surface area (Å²) in [6.45, 7) is 8.35. The first kappa shape index (κ1) is 14.9. The highest BCUT2D eigenvalue weighted by Crippen LogP contribution is 2.43. The second-order valence-corrected chi connectivity index (χ2v) is 6.57. The predicted octanol–water partition coefficient (Wildman–Crippen LogP) is 3.63. The van der Waals surface area contributed by atoms with Crippen LogP contribution in [-0.2, 0) is 4.74 Å². The molecule has 20 heavy (non-hydrogen) atoms. The first-order valence-electron chi connectivity index (χ1n) is 7.25. The maximum atomic E-state index is 11.8. The van der Waals surface area contributed by atoms with E-state index in [1.807, 2.05) is 20.8 Å². The number of hydrogen-bond donors (Lipinski definition) is 0. The van der Waals surface area contributed by atoms with Gasteiger partial charge in [-0.15, -0.1) is 5.10 Å².